The maximum absolute atomic E-state index is 10.3. The van der Waals surface area contributed by atoms with Crippen molar-refractivity contribution in [2.45, 2.75) is 12.8 Å². The van der Waals surface area contributed by atoms with Gasteiger partial charge in [-0.05, 0) is 35.4 Å². The zero-order chi connectivity index (χ0) is 17.9. The zero-order valence-corrected chi connectivity index (χ0v) is 13.6. The predicted octanol–water partition coefficient (Wildman–Crippen LogP) is 2.64. The molecule has 0 radical (unpaired) electrons. The molecule has 0 aliphatic heterocycles. The highest BCUT2D eigenvalue weighted by molar-refractivity contribution is 5.70. The minimum atomic E-state index is -0.819. The largest absolute Gasteiger partial charge is 0.497 e. The number of carboxylic acids is 2. The number of aliphatic carboxylic acids is 2. The van der Waals surface area contributed by atoms with Crippen molar-refractivity contribution in [2.24, 2.45) is 0 Å². The van der Waals surface area contributed by atoms with Gasteiger partial charge in [0.25, 0.3) is 0 Å². The van der Waals surface area contributed by atoms with Crippen molar-refractivity contribution in [3.05, 3.63) is 59.7 Å². The molecule has 0 heterocycles. The molecule has 2 aromatic carbocycles. The van der Waals surface area contributed by atoms with Crippen molar-refractivity contribution >= 4 is 11.9 Å². The van der Waals surface area contributed by atoms with Crippen LogP contribution in [0, 0.1) is 0 Å². The third-order valence-electron chi connectivity index (χ3n) is 3.03. The summed E-state index contributed by atoms with van der Waals surface area (Å²) in [5, 5.41) is 16.9. The van der Waals surface area contributed by atoms with Gasteiger partial charge in [-0.15, -0.1) is 0 Å². The summed E-state index contributed by atoms with van der Waals surface area (Å²) in [7, 11) is 3.15. The normalized spacial score (nSPS) is 9.42. The standard InChI is InChI=1S/2C9H10O3/c2*1-12-8-4-2-7(3-5-8)6-9(10)11/h2*2-5H,6H2,1H3,(H,10,11). The van der Waals surface area contributed by atoms with E-state index in [0.29, 0.717) is 0 Å². The fourth-order valence-corrected chi connectivity index (χ4v) is 1.84. The Hall–Kier alpha value is -3.02. The van der Waals surface area contributed by atoms with Gasteiger partial charge in [-0.1, -0.05) is 24.3 Å². The molecule has 0 fully saturated rings. The van der Waals surface area contributed by atoms with Crippen LogP contribution in [-0.2, 0) is 22.4 Å². The van der Waals surface area contributed by atoms with Crippen LogP contribution in [0.15, 0.2) is 48.5 Å². The minimum absolute atomic E-state index is 0.0595. The highest BCUT2D eigenvalue weighted by Crippen LogP contribution is 2.12. The molecule has 6 heteroatoms. The van der Waals surface area contributed by atoms with Crippen LogP contribution < -0.4 is 9.47 Å². The molecule has 0 amide bonds. The van der Waals surface area contributed by atoms with Crippen LogP contribution in [0.5, 0.6) is 11.5 Å². The lowest BCUT2D eigenvalue weighted by molar-refractivity contribution is -0.137. The fraction of sp³-hybridized carbons (Fsp3) is 0.222. The lowest BCUT2D eigenvalue weighted by atomic mass is 10.1. The molecule has 0 unspecified atom stereocenters. The Balaban J connectivity index is 0.000000240. The first-order valence-electron chi connectivity index (χ1n) is 7.14. The molecule has 128 valence electrons. The van der Waals surface area contributed by atoms with Gasteiger partial charge in [0.2, 0.25) is 0 Å². The molecule has 2 aromatic rings. The molecule has 6 nitrogen and oxygen atoms in total. The van der Waals surface area contributed by atoms with E-state index in [-0.39, 0.29) is 12.8 Å². The molecule has 0 spiro atoms. The number of methoxy groups -OCH3 is 2. The molecule has 24 heavy (non-hydrogen) atoms. The van der Waals surface area contributed by atoms with Gasteiger partial charge in [0.15, 0.2) is 0 Å². The number of carboxylic acid groups (broad SMARTS) is 2. The monoisotopic (exact) mass is 332 g/mol. The first-order valence-corrected chi connectivity index (χ1v) is 7.14. The summed E-state index contributed by atoms with van der Waals surface area (Å²) >= 11 is 0. The zero-order valence-electron chi connectivity index (χ0n) is 13.6. The molecule has 0 atom stereocenters. The molecular weight excluding hydrogens is 312 g/mol. The highest BCUT2D eigenvalue weighted by atomic mass is 16.5. The van der Waals surface area contributed by atoms with Gasteiger partial charge in [0, 0.05) is 0 Å². The average molecular weight is 332 g/mol. The molecule has 0 aromatic heterocycles. The Morgan fingerprint density at radius 3 is 1.21 bits per heavy atom. The molecule has 0 saturated heterocycles. The summed E-state index contributed by atoms with van der Waals surface area (Å²) < 4.78 is 9.85. The molecule has 2 rings (SSSR count). The van der Waals surface area contributed by atoms with E-state index in [1.807, 2.05) is 0 Å². The van der Waals surface area contributed by atoms with Crippen molar-refractivity contribution < 1.29 is 29.3 Å². The van der Waals surface area contributed by atoms with Crippen LogP contribution in [0.4, 0.5) is 0 Å². The van der Waals surface area contributed by atoms with E-state index in [1.165, 1.54) is 0 Å². The van der Waals surface area contributed by atoms with Crippen LogP contribution >= 0.6 is 0 Å². The summed E-state index contributed by atoms with van der Waals surface area (Å²) in [5.74, 6) is -0.159. The molecule has 0 aliphatic carbocycles. The number of ether oxygens (including phenoxy) is 2. The molecule has 0 bridgehead atoms. The Morgan fingerprint density at radius 2 is 1.00 bits per heavy atom. The van der Waals surface area contributed by atoms with Crippen molar-refractivity contribution in [3.63, 3.8) is 0 Å². The fourth-order valence-electron chi connectivity index (χ4n) is 1.84. The molecule has 2 N–H and O–H groups in total. The van der Waals surface area contributed by atoms with E-state index >= 15 is 0 Å². The SMILES string of the molecule is COc1ccc(CC(=O)O)cc1.COc1ccc(CC(=O)O)cc1. The molecular formula is C18H20O6. The second kappa shape index (κ2) is 9.89. The second-order valence-corrected chi connectivity index (χ2v) is 4.84. The van der Waals surface area contributed by atoms with Crippen molar-refractivity contribution in [1.82, 2.24) is 0 Å². The number of hydrogen-bond donors (Lipinski definition) is 2. The molecule has 0 saturated carbocycles. The van der Waals surface area contributed by atoms with Gasteiger partial charge in [0.05, 0.1) is 27.1 Å². The first kappa shape index (κ1) is 19.0. The minimum Gasteiger partial charge on any atom is -0.497 e. The van der Waals surface area contributed by atoms with Gasteiger partial charge in [0.1, 0.15) is 11.5 Å². The number of carbonyl (C=O) groups is 2. The first-order chi connectivity index (χ1) is 11.4. The summed E-state index contributed by atoms with van der Waals surface area (Å²) in [6.45, 7) is 0. The Labute approximate surface area is 140 Å². The van der Waals surface area contributed by atoms with Gasteiger partial charge in [-0.3, -0.25) is 9.59 Å². The Bertz CT molecular complexity index is 587. The van der Waals surface area contributed by atoms with E-state index in [1.54, 1.807) is 62.8 Å². The Morgan fingerprint density at radius 1 is 0.708 bits per heavy atom. The van der Waals surface area contributed by atoms with Crippen LogP contribution in [-0.4, -0.2) is 36.4 Å². The van der Waals surface area contributed by atoms with E-state index in [4.69, 9.17) is 19.7 Å². The number of benzene rings is 2. The van der Waals surface area contributed by atoms with Crippen LogP contribution in [0.3, 0.4) is 0 Å². The highest BCUT2D eigenvalue weighted by Gasteiger charge is 2.00. The van der Waals surface area contributed by atoms with Gasteiger partial charge >= 0.3 is 11.9 Å². The van der Waals surface area contributed by atoms with E-state index in [2.05, 4.69) is 0 Å². The maximum Gasteiger partial charge on any atom is 0.307 e. The van der Waals surface area contributed by atoms with E-state index in [9.17, 15) is 9.59 Å². The quantitative estimate of drug-likeness (QED) is 0.845. The summed E-state index contributed by atoms with van der Waals surface area (Å²) in [6.07, 6.45) is 0.119. The molecule has 0 aliphatic rings. The smallest absolute Gasteiger partial charge is 0.307 e. The van der Waals surface area contributed by atoms with Gasteiger partial charge < -0.3 is 19.7 Å². The lowest BCUT2D eigenvalue weighted by Gasteiger charge is -1.99. The van der Waals surface area contributed by atoms with Crippen molar-refractivity contribution in [3.8, 4) is 11.5 Å². The third-order valence-corrected chi connectivity index (χ3v) is 3.03. The number of rotatable bonds is 6. The average Bonchev–Trinajstić information content (AvgIpc) is 2.56. The van der Waals surface area contributed by atoms with Crippen molar-refractivity contribution in [2.75, 3.05) is 14.2 Å². The van der Waals surface area contributed by atoms with Crippen LogP contribution in [0.2, 0.25) is 0 Å². The summed E-state index contributed by atoms with van der Waals surface area (Å²) in [6, 6.07) is 14.0. The van der Waals surface area contributed by atoms with Gasteiger partial charge in [-0.25, -0.2) is 0 Å². The second-order valence-electron chi connectivity index (χ2n) is 4.84. The summed E-state index contributed by atoms with van der Waals surface area (Å²) in [4.78, 5) is 20.6. The lowest BCUT2D eigenvalue weighted by Crippen LogP contribution is -1.99. The van der Waals surface area contributed by atoms with Crippen molar-refractivity contribution in [1.29, 1.82) is 0 Å². The topological polar surface area (TPSA) is 93.1 Å². The summed E-state index contributed by atoms with van der Waals surface area (Å²) in [5.41, 5.74) is 1.56. The van der Waals surface area contributed by atoms with Gasteiger partial charge in [-0.2, -0.15) is 0 Å². The van der Waals surface area contributed by atoms with E-state index in [0.717, 1.165) is 22.6 Å². The number of hydrogen-bond acceptors (Lipinski definition) is 4. The van der Waals surface area contributed by atoms with Crippen LogP contribution in [0.25, 0.3) is 0 Å². The van der Waals surface area contributed by atoms with E-state index < -0.39 is 11.9 Å². The maximum atomic E-state index is 10.3. The predicted molar refractivity (Wildman–Crippen MR) is 88.7 cm³/mol. The van der Waals surface area contributed by atoms with Crippen LogP contribution in [0.1, 0.15) is 11.1 Å². The Kier molecular flexibility index (Phi) is 7.84. The third kappa shape index (κ3) is 7.31.